The molecule has 0 radical (unpaired) electrons. The molecule has 1 N–H and O–H groups in total. The number of likely N-dealkylation sites (N-methyl/N-ethyl adjacent to an activating group) is 2. The Kier molecular flexibility index (Phi) is 8.32. The van der Waals surface area contributed by atoms with Crippen LogP contribution in [-0.2, 0) is 16.0 Å². The molecular formula is C18H29ClN4O2. The number of hydrogen-bond acceptors (Lipinski definition) is 4. The number of carbonyl (C=O) groups excluding carboxylic acids is 2. The molecule has 1 aromatic heterocycles. The third kappa shape index (κ3) is 4.92. The summed E-state index contributed by atoms with van der Waals surface area (Å²) in [7, 11) is 5.29. The number of likely N-dealkylation sites (tertiary alicyclic amines) is 1. The summed E-state index contributed by atoms with van der Waals surface area (Å²) < 4.78 is 0. The molecule has 1 aliphatic heterocycles. The molecule has 1 fully saturated rings. The zero-order valence-corrected chi connectivity index (χ0v) is 16.1. The molecule has 7 heteroatoms. The molecule has 1 aromatic rings. The van der Waals surface area contributed by atoms with Crippen molar-refractivity contribution >= 4 is 24.2 Å². The lowest BCUT2D eigenvalue weighted by Gasteiger charge is -2.39. The molecular weight excluding hydrogens is 340 g/mol. The Bertz CT molecular complexity index is 567. The number of nitrogens with one attached hydrogen (secondary N) is 1. The van der Waals surface area contributed by atoms with Crippen LogP contribution in [0.2, 0.25) is 0 Å². The van der Waals surface area contributed by atoms with E-state index in [9.17, 15) is 9.59 Å². The summed E-state index contributed by atoms with van der Waals surface area (Å²) in [6, 6.07) is 3.97. The van der Waals surface area contributed by atoms with Crippen LogP contribution in [0.25, 0.3) is 0 Å². The highest BCUT2D eigenvalue weighted by Crippen LogP contribution is 2.35. The quantitative estimate of drug-likeness (QED) is 0.792. The van der Waals surface area contributed by atoms with Crippen molar-refractivity contribution in [3.05, 3.63) is 30.1 Å². The van der Waals surface area contributed by atoms with E-state index >= 15 is 0 Å². The summed E-state index contributed by atoms with van der Waals surface area (Å²) >= 11 is 0. The number of pyridine rings is 1. The van der Waals surface area contributed by atoms with Crippen LogP contribution in [0, 0.1) is 0 Å². The molecule has 0 bridgehead atoms. The highest BCUT2D eigenvalue weighted by atomic mass is 35.5. The fourth-order valence-corrected chi connectivity index (χ4v) is 3.63. The number of carbonyl (C=O) groups is 2. The van der Waals surface area contributed by atoms with Crippen molar-refractivity contribution in [1.29, 1.82) is 0 Å². The zero-order chi connectivity index (χ0) is 17.6. The lowest BCUT2D eigenvalue weighted by Crippen LogP contribution is -2.58. The molecule has 1 atom stereocenters. The molecule has 6 nitrogen and oxygen atoms in total. The number of aryl methyl sites for hydroxylation is 1. The van der Waals surface area contributed by atoms with Gasteiger partial charge in [-0.3, -0.25) is 14.6 Å². The first-order valence-electron chi connectivity index (χ1n) is 8.57. The van der Waals surface area contributed by atoms with Gasteiger partial charge in [-0.05, 0) is 50.8 Å². The van der Waals surface area contributed by atoms with Gasteiger partial charge in [-0.15, -0.1) is 12.4 Å². The monoisotopic (exact) mass is 368 g/mol. The van der Waals surface area contributed by atoms with E-state index in [1.807, 2.05) is 18.3 Å². The van der Waals surface area contributed by atoms with Crippen LogP contribution < -0.4 is 5.32 Å². The van der Waals surface area contributed by atoms with Crippen LogP contribution in [-0.4, -0.2) is 66.4 Å². The summed E-state index contributed by atoms with van der Waals surface area (Å²) in [4.78, 5) is 33.0. The predicted octanol–water partition coefficient (Wildman–Crippen LogP) is 1.49. The first-order valence-corrected chi connectivity index (χ1v) is 8.57. The van der Waals surface area contributed by atoms with E-state index in [0.717, 1.165) is 31.2 Å². The summed E-state index contributed by atoms with van der Waals surface area (Å²) in [5, 5.41) is 2.91. The Morgan fingerprint density at radius 2 is 2.16 bits per heavy atom. The van der Waals surface area contributed by atoms with Crippen molar-refractivity contribution in [2.45, 2.75) is 37.6 Å². The van der Waals surface area contributed by atoms with E-state index in [-0.39, 0.29) is 30.8 Å². The molecule has 2 rings (SSSR count). The number of halogens is 1. The maximum atomic E-state index is 12.9. The molecule has 2 heterocycles. The van der Waals surface area contributed by atoms with Gasteiger partial charge in [-0.1, -0.05) is 6.07 Å². The van der Waals surface area contributed by atoms with Crippen LogP contribution in [0.1, 0.15) is 31.2 Å². The van der Waals surface area contributed by atoms with Gasteiger partial charge in [-0.25, -0.2) is 0 Å². The smallest absolute Gasteiger partial charge is 0.248 e. The van der Waals surface area contributed by atoms with Crippen molar-refractivity contribution < 1.29 is 9.59 Å². The minimum absolute atomic E-state index is 0. The second-order valence-electron chi connectivity index (χ2n) is 6.63. The van der Waals surface area contributed by atoms with Gasteiger partial charge in [0, 0.05) is 33.0 Å². The van der Waals surface area contributed by atoms with E-state index in [2.05, 4.69) is 10.3 Å². The molecule has 140 valence electrons. The van der Waals surface area contributed by atoms with Gasteiger partial charge in [0.25, 0.3) is 0 Å². The first kappa shape index (κ1) is 21.4. The van der Waals surface area contributed by atoms with Gasteiger partial charge >= 0.3 is 0 Å². The van der Waals surface area contributed by atoms with Crippen molar-refractivity contribution in [1.82, 2.24) is 20.1 Å². The summed E-state index contributed by atoms with van der Waals surface area (Å²) in [6.45, 7) is 0.929. The van der Waals surface area contributed by atoms with Gasteiger partial charge in [0.2, 0.25) is 11.8 Å². The minimum Gasteiger partial charge on any atom is -0.347 e. The maximum absolute atomic E-state index is 12.9. The third-order valence-corrected chi connectivity index (χ3v) is 4.70. The molecule has 2 amide bonds. The fourth-order valence-electron chi connectivity index (χ4n) is 3.63. The summed E-state index contributed by atoms with van der Waals surface area (Å²) in [5.41, 5.74) is 0.468. The van der Waals surface area contributed by atoms with Gasteiger partial charge < -0.3 is 15.1 Å². The molecule has 1 aliphatic rings. The molecule has 25 heavy (non-hydrogen) atoms. The Morgan fingerprint density at radius 1 is 1.40 bits per heavy atom. The molecule has 0 spiro atoms. The molecule has 1 unspecified atom stereocenters. The van der Waals surface area contributed by atoms with E-state index < -0.39 is 5.54 Å². The van der Waals surface area contributed by atoms with Crippen molar-refractivity contribution in [3.8, 4) is 0 Å². The number of hydrogen-bond donors (Lipinski definition) is 1. The minimum atomic E-state index is -0.695. The van der Waals surface area contributed by atoms with Crippen LogP contribution in [0.3, 0.4) is 0 Å². The second-order valence-corrected chi connectivity index (χ2v) is 6.63. The number of nitrogens with zero attached hydrogens (tertiary/aromatic N) is 3. The first-order chi connectivity index (χ1) is 11.5. The average Bonchev–Trinajstić information content (AvgIpc) is 3.00. The normalized spacial score (nSPS) is 19.4. The third-order valence-electron chi connectivity index (χ3n) is 4.70. The lowest BCUT2D eigenvalue weighted by molar-refractivity contribution is -0.150. The Hall–Kier alpha value is -1.66. The standard InChI is InChI=1S/C18H28N4O2.ClH/c1-19-14-16(23)22-12-6-10-18(22,17(24)21(2)3)9-4-7-15-8-5-11-20-13-15;/h5,8,11,13,19H,4,6-7,9-10,12,14H2,1-3H3;1H. The Labute approximate surface area is 156 Å². The van der Waals surface area contributed by atoms with Crippen LogP contribution >= 0.6 is 12.4 Å². The zero-order valence-electron chi connectivity index (χ0n) is 15.3. The van der Waals surface area contributed by atoms with Crippen molar-refractivity contribution in [2.24, 2.45) is 0 Å². The molecule has 0 aromatic carbocycles. The van der Waals surface area contributed by atoms with Crippen molar-refractivity contribution in [2.75, 3.05) is 34.2 Å². The SMILES string of the molecule is CNCC(=O)N1CCCC1(CCCc1cccnc1)C(=O)N(C)C.Cl. The van der Waals surface area contributed by atoms with Gasteiger partial charge in [0.1, 0.15) is 5.54 Å². The molecule has 0 saturated carbocycles. The molecule has 1 saturated heterocycles. The second kappa shape index (κ2) is 9.73. The lowest BCUT2D eigenvalue weighted by atomic mass is 9.87. The fraction of sp³-hybridized carbons (Fsp3) is 0.611. The maximum Gasteiger partial charge on any atom is 0.248 e. The topological polar surface area (TPSA) is 65.5 Å². The van der Waals surface area contributed by atoms with Gasteiger partial charge in [-0.2, -0.15) is 0 Å². The molecule has 0 aliphatic carbocycles. The number of amides is 2. The van der Waals surface area contributed by atoms with Crippen LogP contribution in [0.4, 0.5) is 0 Å². The van der Waals surface area contributed by atoms with E-state index in [0.29, 0.717) is 13.0 Å². The van der Waals surface area contributed by atoms with Crippen LogP contribution in [0.5, 0.6) is 0 Å². The van der Waals surface area contributed by atoms with E-state index in [1.165, 1.54) is 0 Å². The van der Waals surface area contributed by atoms with Crippen molar-refractivity contribution in [3.63, 3.8) is 0 Å². The van der Waals surface area contributed by atoms with Crippen LogP contribution in [0.15, 0.2) is 24.5 Å². The Balaban J connectivity index is 0.00000312. The highest BCUT2D eigenvalue weighted by Gasteiger charge is 2.49. The summed E-state index contributed by atoms with van der Waals surface area (Å²) in [6.07, 6.45) is 7.65. The Morgan fingerprint density at radius 3 is 2.76 bits per heavy atom. The van der Waals surface area contributed by atoms with Gasteiger partial charge in [0.05, 0.1) is 6.54 Å². The summed E-state index contributed by atoms with van der Waals surface area (Å²) in [5.74, 6) is 0.0437. The largest absolute Gasteiger partial charge is 0.347 e. The average molecular weight is 369 g/mol. The predicted molar refractivity (Wildman–Crippen MR) is 101 cm³/mol. The number of rotatable bonds is 7. The highest BCUT2D eigenvalue weighted by molar-refractivity contribution is 5.92. The number of aromatic nitrogens is 1. The van der Waals surface area contributed by atoms with E-state index in [1.54, 1.807) is 37.1 Å². The van der Waals surface area contributed by atoms with E-state index in [4.69, 9.17) is 0 Å². The van der Waals surface area contributed by atoms with Gasteiger partial charge in [0.15, 0.2) is 0 Å².